The number of fused-ring (bicyclic) bond motifs is 2. The highest BCUT2D eigenvalue weighted by molar-refractivity contribution is 5.46. The van der Waals surface area contributed by atoms with Gasteiger partial charge in [-0.25, -0.2) is 0 Å². The summed E-state index contributed by atoms with van der Waals surface area (Å²) >= 11 is 0. The van der Waals surface area contributed by atoms with Crippen LogP contribution in [0.5, 0.6) is 0 Å². The summed E-state index contributed by atoms with van der Waals surface area (Å²) in [7, 11) is 3.83. The van der Waals surface area contributed by atoms with Crippen LogP contribution in [0, 0.1) is 0 Å². The van der Waals surface area contributed by atoms with Crippen LogP contribution in [0.1, 0.15) is 32.1 Å². The maximum absolute atomic E-state index is 5.12. The monoisotopic (exact) mass is 278 g/mol. The molecule has 2 saturated heterocycles. The van der Waals surface area contributed by atoms with Crippen molar-refractivity contribution in [3.05, 3.63) is 12.4 Å². The lowest BCUT2D eigenvalue weighted by Gasteiger charge is -2.49. The number of ether oxygens (including phenoxy) is 1. The molecular weight excluding hydrogens is 252 g/mol. The molecule has 3 heterocycles. The zero-order valence-corrected chi connectivity index (χ0v) is 12.6. The van der Waals surface area contributed by atoms with Gasteiger partial charge in [0.15, 0.2) is 0 Å². The van der Waals surface area contributed by atoms with Gasteiger partial charge in [0.05, 0.1) is 25.0 Å². The molecule has 2 fully saturated rings. The Morgan fingerprint density at radius 1 is 1.35 bits per heavy atom. The number of hydrogen-bond donors (Lipinski definition) is 1. The van der Waals surface area contributed by atoms with E-state index in [-0.39, 0.29) is 0 Å². The Morgan fingerprint density at radius 3 is 2.75 bits per heavy atom. The zero-order valence-electron chi connectivity index (χ0n) is 12.6. The van der Waals surface area contributed by atoms with Crippen LogP contribution in [0.4, 0.5) is 5.69 Å². The molecule has 2 aliphatic rings. The number of nitrogens with zero attached hydrogens (tertiary/aromatic N) is 3. The zero-order chi connectivity index (χ0) is 13.9. The average Bonchev–Trinajstić information content (AvgIpc) is 2.92. The number of hydrogen-bond acceptors (Lipinski definition) is 4. The van der Waals surface area contributed by atoms with Crippen LogP contribution in [0.25, 0.3) is 0 Å². The van der Waals surface area contributed by atoms with Crippen molar-refractivity contribution in [3.8, 4) is 0 Å². The van der Waals surface area contributed by atoms with Crippen LogP contribution in [-0.4, -0.2) is 48.7 Å². The van der Waals surface area contributed by atoms with Gasteiger partial charge in [0, 0.05) is 31.4 Å². The Labute approximate surface area is 121 Å². The molecule has 0 spiro atoms. The van der Waals surface area contributed by atoms with Crippen LogP contribution < -0.4 is 10.2 Å². The summed E-state index contributed by atoms with van der Waals surface area (Å²) in [5.74, 6) is 0. The first kappa shape index (κ1) is 13.9. The van der Waals surface area contributed by atoms with Gasteiger partial charge in [0.25, 0.3) is 0 Å². The minimum Gasteiger partial charge on any atom is -0.383 e. The number of nitrogens with one attached hydrogen (secondary N) is 1. The molecule has 112 valence electrons. The van der Waals surface area contributed by atoms with E-state index in [1.165, 1.54) is 37.8 Å². The molecule has 1 aromatic heterocycles. The van der Waals surface area contributed by atoms with E-state index in [1.54, 1.807) is 7.11 Å². The molecule has 2 atom stereocenters. The number of piperidine rings is 2. The highest BCUT2D eigenvalue weighted by atomic mass is 16.5. The number of anilines is 1. The fraction of sp³-hybridized carbons (Fsp3) is 0.800. The lowest BCUT2D eigenvalue weighted by Crippen LogP contribution is -2.56. The fourth-order valence-corrected chi connectivity index (χ4v) is 3.83. The number of rotatable bonds is 5. The van der Waals surface area contributed by atoms with E-state index >= 15 is 0 Å². The van der Waals surface area contributed by atoms with Gasteiger partial charge in [0.2, 0.25) is 0 Å². The molecule has 3 rings (SSSR count). The molecule has 20 heavy (non-hydrogen) atoms. The Morgan fingerprint density at radius 2 is 2.10 bits per heavy atom. The third-order valence-electron chi connectivity index (χ3n) is 4.83. The largest absolute Gasteiger partial charge is 0.383 e. The lowest BCUT2D eigenvalue weighted by molar-refractivity contribution is 0.183. The Bertz CT molecular complexity index is 419. The quantitative estimate of drug-likeness (QED) is 0.889. The predicted molar refractivity (Wildman–Crippen MR) is 80.1 cm³/mol. The smallest absolute Gasteiger partial charge is 0.0757 e. The summed E-state index contributed by atoms with van der Waals surface area (Å²) in [5.41, 5.74) is 1.30. The highest BCUT2D eigenvalue weighted by Crippen LogP contribution is 2.37. The molecule has 1 aromatic rings. The van der Waals surface area contributed by atoms with Crippen molar-refractivity contribution in [1.82, 2.24) is 15.1 Å². The van der Waals surface area contributed by atoms with Crippen LogP contribution in [0.3, 0.4) is 0 Å². The molecule has 0 aromatic carbocycles. The van der Waals surface area contributed by atoms with Gasteiger partial charge in [-0.1, -0.05) is 0 Å². The second kappa shape index (κ2) is 6.14. The van der Waals surface area contributed by atoms with Crippen LogP contribution in [0.2, 0.25) is 0 Å². The summed E-state index contributed by atoms with van der Waals surface area (Å²) in [6, 6.07) is 2.05. The summed E-state index contributed by atoms with van der Waals surface area (Å²) < 4.78 is 7.12. The maximum atomic E-state index is 5.12. The van der Waals surface area contributed by atoms with Crippen molar-refractivity contribution >= 4 is 5.69 Å². The van der Waals surface area contributed by atoms with E-state index in [0.29, 0.717) is 18.1 Å². The number of methoxy groups -OCH3 is 1. The molecule has 0 saturated carbocycles. The molecular formula is C15H26N4O. The van der Waals surface area contributed by atoms with Crippen molar-refractivity contribution in [2.24, 2.45) is 0 Å². The van der Waals surface area contributed by atoms with Crippen molar-refractivity contribution in [2.75, 3.05) is 25.7 Å². The van der Waals surface area contributed by atoms with Gasteiger partial charge >= 0.3 is 0 Å². The fourth-order valence-electron chi connectivity index (χ4n) is 3.83. The maximum Gasteiger partial charge on any atom is 0.0757 e. The normalized spacial score (nSPS) is 29.7. The van der Waals surface area contributed by atoms with Gasteiger partial charge in [-0.15, -0.1) is 0 Å². The molecule has 1 N–H and O–H groups in total. The van der Waals surface area contributed by atoms with Gasteiger partial charge in [0.1, 0.15) is 0 Å². The average molecular weight is 278 g/mol. The first-order chi connectivity index (χ1) is 9.81. The molecule has 5 heteroatoms. The lowest BCUT2D eigenvalue weighted by atomic mass is 9.81. The third-order valence-corrected chi connectivity index (χ3v) is 4.83. The van der Waals surface area contributed by atoms with Crippen molar-refractivity contribution < 1.29 is 4.74 Å². The van der Waals surface area contributed by atoms with E-state index in [4.69, 9.17) is 4.74 Å². The summed E-state index contributed by atoms with van der Waals surface area (Å²) in [6.45, 7) is 1.55. The summed E-state index contributed by atoms with van der Waals surface area (Å²) in [5, 5.41) is 7.95. The molecule has 5 nitrogen and oxygen atoms in total. The minimum absolute atomic E-state index is 0.681. The van der Waals surface area contributed by atoms with Crippen molar-refractivity contribution in [2.45, 2.75) is 56.8 Å². The summed E-state index contributed by atoms with van der Waals surface area (Å²) in [4.78, 5) is 2.63. The predicted octanol–water partition coefficient (Wildman–Crippen LogP) is 1.64. The Hall–Kier alpha value is -1.07. The van der Waals surface area contributed by atoms with E-state index < -0.39 is 0 Å². The molecule has 2 aliphatic heterocycles. The molecule has 2 unspecified atom stereocenters. The third kappa shape index (κ3) is 2.69. The van der Waals surface area contributed by atoms with Gasteiger partial charge in [-0.2, -0.15) is 5.10 Å². The van der Waals surface area contributed by atoms with Crippen molar-refractivity contribution in [1.29, 1.82) is 0 Å². The molecule has 0 radical (unpaired) electrons. The summed E-state index contributed by atoms with van der Waals surface area (Å²) in [6.07, 6.45) is 10.7. The van der Waals surface area contributed by atoms with Gasteiger partial charge in [-0.05, 0) is 39.2 Å². The highest BCUT2D eigenvalue weighted by Gasteiger charge is 2.38. The number of aromatic nitrogens is 2. The Kier molecular flexibility index (Phi) is 4.27. The van der Waals surface area contributed by atoms with E-state index in [1.807, 2.05) is 10.9 Å². The van der Waals surface area contributed by atoms with Gasteiger partial charge in [-0.3, -0.25) is 4.68 Å². The van der Waals surface area contributed by atoms with Crippen LogP contribution in [-0.2, 0) is 11.3 Å². The second-order valence-electron chi connectivity index (χ2n) is 6.06. The minimum atomic E-state index is 0.681. The molecule has 0 aliphatic carbocycles. The molecule has 2 bridgehead atoms. The van der Waals surface area contributed by atoms with E-state index in [0.717, 1.165) is 13.2 Å². The van der Waals surface area contributed by atoms with E-state index in [9.17, 15) is 0 Å². The van der Waals surface area contributed by atoms with Crippen LogP contribution in [0.15, 0.2) is 12.4 Å². The topological polar surface area (TPSA) is 42.3 Å². The second-order valence-corrected chi connectivity index (χ2v) is 6.06. The van der Waals surface area contributed by atoms with Crippen LogP contribution >= 0.6 is 0 Å². The first-order valence-electron chi connectivity index (χ1n) is 7.79. The van der Waals surface area contributed by atoms with Crippen molar-refractivity contribution in [3.63, 3.8) is 0 Å². The Balaban J connectivity index is 1.74. The SMILES string of the molecule is CNC1CC2CCCC(C1)N2c1cnn(CCOC)c1. The van der Waals surface area contributed by atoms with Gasteiger partial charge < -0.3 is 15.0 Å². The van der Waals surface area contributed by atoms with E-state index in [2.05, 4.69) is 28.6 Å². The first-order valence-corrected chi connectivity index (χ1v) is 7.79. The molecule has 0 amide bonds. The standard InChI is InChI=1S/C15H26N4O/c1-16-12-8-13-4-3-5-14(9-12)19(13)15-10-17-18(11-15)6-7-20-2/h10-14,16H,3-9H2,1-2H3.